The van der Waals surface area contributed by atoms with Crippen LogP contribution in [0.15, 0.2) is 24.4 Å². The van der Waals surface area contributed by atoms with Gasteiger partial charge in [-0.1, -0.05) is 17.4 Å². The van der Waals surface area contributed by atoms with E-state index in [4.69, 9.17) is 9.47 Å². The van der Waals surface area contributed by atoms with Gasteiger partial charge in [0.05, 0.1) is 12.0 Å². The van der Waals surface area contributed by atoms with Crippen LogP contribution in [0.2, 0.25) is 0 Å². The van der Waals surface area contributed by atoms with Crippen LogP contribution in [0.5, 0.6) is 11.5 Å². The lowest BCUT2D eigenvalue weighted by molar-refractivity contribution is 0.287. The fraction of sp³-hybridized carbons (Fsp3) is 0.357. The summed E-state index contributed by atoms with van der Waals surface area (Å²) in [6, 6.07) is 5.90. The molecule has 0 saturated carbocycles. The number of aromatic nitrogens is 1. The normalized spacial score (nSPS) is 10.3. The molecule has 1 aromatic carbocycles. The molecule has 2 rings (SSSR count). The summed E-state index contributed by atoms with van der Waals surface area (Å²) in [6.07, 6.45) is 1.84. The van der Waals surface area contributed by atoms with E-state index in [-0.39, 0.29) is 0 Å². The fourth-order valence-corrected chi connectivity index (χ4v) is 2.44. The molecular weight excluding hydrogens is 260 g/mol. The first-order valence-corrected chi connectivity index (χ1v) is 7.00. The third kappa shape index (κ3) is 3.61. The number of thiazole rings is 1. The fourth-order valence-electron chi connectivity index (χ4n) is 1.65. The molecule has 0 aliphatic rings. The summed E-state index contributed by atoms with van der Waals surface area (Å²) in [5.74, 6) is 1.52. The van der Waals surface area contributed by atoms with Crippen LogP contribution in [0.25, 0.3) is 0 Å². The largest absolute Gasteiger partial charge is 0.493 e. The van der Waals surface area contributed by atoms with Gasteiger partial charge in [-0.05, 0) is 31.5 Å². The summed E-state index contributed by atoms with van der Waals surface area (Å²) < 4.78 is 11.1. The number of rotatable bonds is 6. The topological polar surface area (TPSA) is 43.4 Å². The summed E-state index contributed by atoms with van der Waals surface area (Å²) >= 11 is 1.61. The van der Waals surface area contributed by atoms with Gasteiger partial charge in [-0.25, -0.2) is 4.98 Å². The van der Waals surface area contributed by atoms with Gasteiger partial charge in [0.1, 0.15) is 6.61 Å². The minimum absolute atomic E-state index is 0.502. The second-order valence-corrected chi connectivity index (χ2v) is 5.22. The highest BCUT2D eigenvalue weighted by molar-refractivity contribution is 7.15. The van der Waals surface area contributed by atoms with Crippen LogP contribution in [-0.2, 0) is 6.61 Å². The van der Waals surface area contributed by atoms with Crippen molar-refractivity contribution in [3.63, 3.8) is 0 Å². The molecule has 0 aliphatic carbocycles. The number of nitrogens with zero attached hydrogens (tertiary/aromatic N) is 1. The predicted molar refractivity (Wildman–Crippen MR) is 78.3 cm³/mol. The van der Waals surface area contributed by atoms with Crippen LogP contribution in [0.3, 0.4) is 0 Å². The Bertz CT molecular complexity index is 540. The Hall–Kier alpha value is -1.75. The summed E-state index contributed by atoms with van der Waals surface area (Å²) in [5, 5.41) is 4.11. The van der Waals surface area contributed by atoms with Crippen molar-refractivity contribution in [1.29, 1.82) is 0 Å². The van der Waals surface area contributed by atoms with Crippen LogP contribution in [0.4, 0.5) is 5.13 Å². The average molecular weight is 278 g/mol. The molecular formula is C14H18N2O2S. The van der Waals surface area contributed by atoms with Crippen LogP contribution in [-0.4, -0.2) is 18.6 Å². The number of anilines is 1. The van der Waals surface area contributed by atoms with E-state index < -0.39 is 0 Å². The standard InChI is InChI=1S/C14H18N2O2S/c1-4-15-14-16-8-11(19-14)9-18-12-6-5-10(2)7-13(12)17-3/h5-8H,4,9H2,1-3H3,(H,15,16). The van der Waals surface area contributed by atoms with Gasteiger partial charge in [0.25, 0.3) is 0 Å². The van der Waals surface area contributed by atoms with Crippen molar-refractivity contribution in [2.75, 3.05) is 19.0 Å². The molecule has 1 aromatic heterocycles. The van der Waals surface area contributed by atoms with Crippen molar-refractivity contribution < 1.29 is 9.47 Å². The molecule has 2 aromatic rings. The van der Waals surface area contributed by atoms with E-state index in [1.54, 1.807) is 18.4 Å². The van der Waals surface area contributed by atoms with Crippen LogP contribution < -0.4 is 14.8 Å². The van der Waals surface area contributed by atoms with E-state index in [0.717, 1.165) is 33.6 Å². The summed E-state index contributed by atoms with van der Waals surface area (Å²) in [5.41, 5.74) is 1.15. The highest BCUT2D eigenvalue weighted by Crippen LogP contribution is 2.29. The van der Waals surface area contributed by atoms with Crippen molar-refractivity contribution in [3.05, 3.63) is 34.8 Å². The van der Waals surface area contributed by atoms with E-state index in [0.29, 0.717) is 6.61 Å². The lowest BCUT2D eigenvalue weighted by Crippen LogP contribution is -1.96. The molecule has 0 fully saturated rings. The first-order valence-electron chi connectivity index (χ1n) is 6.19. The number of ether oxygens (including phenoxy) is 2. The minimum atomic E-state index is 0.502. The van der Waals surface area contributed by atoms with Gasteiger partial charge in [0, 0.05) is 12.7 Å². The molecule has 1 N–H and O–H groups in total. The third-order valence-electron chi connectivity index (χ3n) is 2.57. The maximum atomic E-state index is 5.78. The van der Waals surface area contributed by atoms with Crippen molar-refractivity contribution in [2.24, 2.45) is 0 Å². The number of hydrogen-bond donors (Lipinski definition) is 1. The Labute approximate surface area is 117 Å². The Morgan fingerprint density at radius 3 is 2.89 bits per heavy atom. The molecule has 0 aliphatic heterocycles. The Morgan fingerprint density at radius 1 is 1.32 bits per heavy atom. The number of benzene rings is 1. The van der Waals surface area contributed by atoms with E-state index in [9.17, 15) is 0 Å². The number of aryl methyl sites for hydroxylation is 1. The Balaban J connectivity index is 2.01. The first-order chi connectivity index (χ1) is 9.22. The number of methoxy groups -OCH3 is 1. The maximum absolute atomic E-state index is 5.78. The van der Waals surface area contributed by atoms with Gasteiger partial charge in [0.2, 0.25) is 0 Å². The lowest BCUT2D eigenvalue weighted by atomic mass is 10.2. The molecule has 4 nitrogen and oxygen atoms in total. The molecule has 0 atom stereocenters. The van der Waals surface area contributed by atoms with Crippen molar-refractivity contribution in [1.82, 2.24) is 4.98 Å². The summed E-state index contributed by atoms with van der Waals surface area (Å²) in [6.45, 7) is 5.45. The molecule has 0 unspecified atom stereocenters. The van der Waals surface area contributed by atoms with Gasteiger partial charge in [-0.2, -0.15) is 0 Å². The molecule has 0 amide bonds. The molecule has 19 heavy (non-hydrogen) atoms. The minimum Gasteiger partial charge on any atom is -0.493 e. The molecule has 0 radical (unpaired) electrons. The maximum Gasteiger partial charge on any atom is 0.182 e. The quantitative estimate of drug-likeness (QED) is 0.878. The lowest BCUT2D eigenvalue weighted by Gasteiger charge is -2.10. The van der Waals surface area contributed by atoms with Crippen LogP contribution >= 0.6 is 11.3 Å². The molecule has 0 bridgehead atoms. The van der Waals surface area contributed by atoms with Gasteiger partial charge < -0.3 is 14.8 Å². The zero-order valence-corrected chi connectivity index (χ0v) is 12.2. The zero-order chi connectivity index (χ0) is 13.7. The monoisotopic (exact) mass is 278 g/mol. The van der Waals surface area contributed by atoms with E-state index >= 15 is 0 Å². The van der Waals surface area contributed by atoms with Gasteiger partial charge in [-0.3, -0.25) is 0 Å². The molecule has 1 heterocycles. The average Bonchev–Trinajstić information content (AvgIpc) is 2.85. The van der Waals surface area contributed by atoms with E-state index in [1.807, 2.05) is 31.3 Å². The second-order valence-electron chi connectivity index (χ2n) is 4.11. The van der Waals surface area contributed by atoms with Crippen LogP contribution in [0, 0.1) is 6.92 Å². The molecule has 0 saturated heterocycles. The Kier molecular flexibility index (Phi) is 4.63. The number of hydrogen-bond acceptors (Lipinski definition) is 5. The van der Waals surface area contributed by atoms with Gasteiger partial charge in [0.15, 0.2) is 16.6 Å². The van der Waals surface area contributed by atoms with Crippen molar-refractivity contribution >= 4 is 16.5 Å². The molecule has 5 heteroatoms. The van der Waals surface area contributed by atoms with E-state index in [2.05, 4.69) is 17.2 Å². The highest BCUT2D eigenvalue weighted by Gasteiger charge is 2.06. The smallest absolute Gasteiger partial charge is 0.182 e. The van der Waals surface area contributed by atoms with Crippen molar-refractivity contribution in [3.8, 4) is 11.5 Å². The Morgan fingerprint density at radius 2 is 2.16 bits per heavy atom. The third-order valence-corrected chi connectivity index (χ3v) is 3.50. The van der Waals surface area contributed by atoms with Gasteiger partial charge in [-0.15, -0.1) is 0 Å². The predicted octanol–water partition coefficient (Wildman–Crippen LogP) is 3.47. The molecule has 102 valence electrons. The summed E-state index contributed by atoms with van der Waals surface area (Å²) in [4.78, 5) is 5.35. The SMILES string of the molecule is CCNc1ncc(COc2ccc(C)cc2OC)s1. The first kappa shape index (κ1) is 13.7. The highest BCUT2D eigenvalue weighted by atomic mass is 32.1. The molecule has 0 spiro atoms. The summed E-state index contributed by atoms with van der Waals surface area (Å²) in [7, 11) is 1.65. The number of nitrogens with one attached hydrogen (secondary N) is 1. The van der Waals surface area contributed by atoms with Gasteiger partial charge >= 0.3 is 0 Å². The van der Waals surface area contributed by atoms with Crippen LogP contribution in [0.1, 0.15) is 17.4 Å². The van der Waals surface area contributed by atoms with Crippen molar-refractivity contribution in [2.45, 2.75) is 20.5 Å². The van der Waals surface area contributed by atoms with E-state index in [1.165, 1.54) is 0 Å². The second kappa shape index (κ2) is 6.43. The zero-order valence-electron chi connectivity index (χ0n) is 11.4.